The third-order valence-corrected chi connectivity index (χ3v) is 2.23. The van der Waals surface area contributed by atoms with Crippen LogP contribution in [0.5, 0.6) is 0 Å². The first-order valence-corrected chi connectivity index (χ1v) is 4.38. The Morgan fingerprint density at radius 1 is 1.75 bits per heavy atom. The number of urea groups is 1. The third kappa shape index (κ3) is 2.37. The molecular weight excluding hydrogens is 154 g/mol. The molecule has 1 unspecified atom stereocenters. The van der Waals surface area contributed by atoms with Crippen LogP contribution < -0.4 is 11.1 Å². The fourth-order valence-corrected chi connectivity index (χ4v) is 0.862. The highest BCUT2D eigenvalue weighted by molar-refractivity contribution is 5.74. The molecule has 70 valence electrons. The average molecular weight is 171 g/mol. The molecule has 0 aromatic rings. The molecule has 1 aliphatic carbocycles. The molecule has 1 saturated carbocycles. The zero-order chi connectivity index (χ0) is 9.14. The van der Waals surface area contributed by atoms with Crippen LogP contribution in [0.25, 0.3) is 0 Å². The second-order valence-electron chi connectivity index (χ2n) is 3.42. The van der Waals surface area contributed by atoms with Gasteiger partial charge in [-0.25, -0.2) is 4.79 Å². The number of likely N-dealkylation sites (N-methyl/N-ethyl adjacent to an activating group) is 1. The van der Waals surface area contributed by atoms with E-state index in [0.717, 1.165) is 12.8 Å². The number of hydrogen-bond acceptors (Lipinski definition) is 2. The van der Waals surface area contributed by atoms with Gasteiger partial charge in [0.15, 0.2) is 0 Å². The van der Waals surface area contributed by atoms with Crippen molar-refractivity contribution < 1.29 is 4.79 Å². The van der Waals surface area contributed by atoms with Crippen LogP contribution in [-0.4, -0.2) is 36.6 Å². The van der Waals surface area contributed by atoms with Gasteiger partial charge in [-0.3, -0.25) is 0 Å². The summed E-state index contributed by atoms with van der Waals surface area (Å²) >= 11 is 0. The van der Waals surface area contributed by atoms with Gasteiger partial charge in [-0.1, -0.05) is 0 Å². The molecule has 1 rings (SSSR count). The second-order valence-corrected chi connectivity index (χ2v) is 3.42. The molecule has 0 aromatic carbocycles. The van der Waals surface area contributed by atoms with Crippen LogP contribution in [0.3, 0.4) is 0 Å². The van der Waals surface area contributed by atoms with Gasteiger partial charge in [0.2, 0.25) is 0 Å². The highest BCUT2D eigenvalue weighted by atomic mass is 16.2. The monoisotopic (exact) mass is 171 g/mol. The van der Waals surface area contributed by atoms with Crippen LogP contribution in [0.4, 0.5) is 4.79 Å². The Labute approximate surface area is 73.1 Å². The molecule has 4 heteroatoms. The minimum Gasteiger partial charge on any atom is -0.335 e. The molecule has 2 amide bonds. The van der Waals surface area contributed by atoms with Crippen molar-refractivity contribution in [2.75, 3.05) is 13.6 Å². The molecule has 0 saturated heterocycles. The number of carbonyl (C=O) groups excluding carboxylic acids is 1. The topological polar surface area (TPSA) is 58.4 Å². The van der Waals surface area contributed by atoms with Crippen LogP contribution >= 0.6 is 0 Å². The Balaban J connectivity index is 2.28. The number of rotatable bonds is 3. The van der Waals surface area contributed by atoms with Crippen molar-refractivity contribution in [3.8, 4) is 0 Å². The predicted octanol–water partition coefficient (Wildman–Crippen LogP) is 0.137. The molecule has 0 bridgehead atoms. The molecule has 12 heavy (non-hydrogen) atoms. The van der Waals surface area contributed by atoms with Crippen molar-refractivity contribution >= 4 is 6.03 Å². The molecule has 3 N–H and O–H groups in total. The molecule has 0 aliphatic heterocycles. The summed E-state index contributed by atoms with van der Waals surface area (Å²) in [5.74, 6) is 0. The Morgan fingerprint density at radius 2 is 2.33 bits per heavy atom. The molecule has 0 radical (unpaired) electrons. The summed E-state index contributed by atoms with van der Waals surface area (Å²) < 4.78 is 0. The van der Waals surface area contributed by atoms with Crippen LogP contribution in [0.15, 0.2) is 0 Å². The zero-order valence-corrected chi connectivity index (χ0v) is 7.71. The normalized spacial score (nSPS) is 18.6. The zero-order valence-electron chi connectivity index (χ0n) is 7.71. The Hall–Kier alpha value is -0.770. The van der Waals surface area contributed by atoms with E-state index in [0.29, 0.717) is 12.6 Å². The lowest BCUT2D eigenvalue weighted by atomic mass is 10.3. The predicted molar refractivity (Wildman–Crippen MR) is 47.8 cm³/mol. The van der Waals surface area contributed by atoms with Crippen LogP contribution in [-0.2, 0) is 0 Å². The summed E-state index contributed by atoms with van der Waals surface area (Å²) in [4.78, 5) is 13.0. The van der Waals surface area contributed by atoms with Crippen LogP contribution in [0, 0.1) is 0 Å². The summed E-state index contributed by atoms with van der Waals surface area (Å²) in [5, 5.41) is 2.90. The maximum Gasteiger partial charge on any atom is 0.317 e. The summed E-state index contributed by atoms with van der Waals surface area (Å²) in [7, 11) is 1.77. The highest BCUT2D eigenvalue weighted by Crippen LogP contribution is 2.18. The maximum atomic E-state index is 11.4. The minimum atomic E-state index is -0.00421. The van der Waals surface area contributed by atoms with Crippen molar-refractivity contribution in [2.24, 2.45) is 5.73 Å². The van der Waals surface area contributed by atoms with Gasteiger partial charge < -0.3 is 16.0 Å². The van der Waals surface area contributed by atoms with Crippen molar-refractivity contribution in [1.82, 2.24) is 10.2 Å². The molecule has 0 spiro atoms. The van der Waals surface area contributed by atoms with Gasteiger partial charge in [-0.05, 0) is 19.8 Å². The van der Waals surface area contributed by atoms with E-state index in [-0.39, 0.29) is 12.1 Å². The molecule has 4 nitrogen and oxygen atoms in total. The first kappa shape index (κ1) is 9.32. The number of hydrogen-bond donors (Lipinski definition) is 2. The van der Waals surface area contributed by atoms with E-state index in [9.17, 15) is 4.79 Å². The highest BCUT2D eigenvalue weighted by Gasteiger charge is 2.25. The van der Waals surface area contributed by atoms with Crippen molar-refractivity contribution in [1.29, 1.82) is 0 Å². The van der Waals surface area contributed by atoms with E-state index in [1.54, 1.807) is 11.9 Å². The number of nitrogens with zero attached hydrogens (tertiary/aromatic N) is 1. The van der Waals surface area contributed by atoms with Gasteiger partial charge in [-0.15, -0.1) is 0 Å². The van der Waals surface area contributed by atoms with Crippen molar-refractivity contribution in [3.05, 3.63) is 0 Å². The fourth-order valence-electron chi connectivity index (χ4n) is 0.862. The van der Waals surface area contributed by atoms with E-state index in [1.165, 1.54) is 0 Å². The largest absolute Gasteiger partial charge is 0.335 e. The fraction of sp³-hybridized carbons (Fsp3) is 0.875. The summed E-state index contributed by atoms with van der Waals surface area (Å²) in [5.41, 5.74) is 5.44. The molecule has 1 fully saturated rings. The SMILES string of the molecule is CC(CN)N(C)C(=O)NC1CC1. The molecule has 1 atom stereocenters. The number of nitrogens with one attached hydrogen (secondary N) is 1. The Bertz CT molecular complexity index is 168. The number of nitrogens with two attached hydrogens (primary N) is 1. The molecule has 0 aromatic heterocycles. The van der Waals surface area contributed by atoms with E-state index in [1.807, 2.05) is 6.92 Å². The summed E-state index contributed by atoms with van der Waals surface area (Å²) in [6.45, 7) is 2.45. The van der Waals surface area contributed by atoms with Gasteiger partial charge in [0.25, 0.3) is 0 Å². The Kier molecular flexibility index (Phi) is 2.92. The number of amides is 2. The lowest BCUT2D eigenvalue weighted by molar-refractivity contribution is 0.195. The summed E-state index contributed by atoms with van der Waals surface area (Å²) in [6.07, 6.45) is 2.24. The first-order valence-electron chi connectivity index (χ1n) is 4.38. The van der Waals surface area contributed by atoms with Crippen LogP contribution in [0.2, 0.25) is 0 Å². The van der Waals surface area contributed by atoms with Gasteiger partial charge in [0.1, 0.15) is 0 Å². The third-order valence-electron chi connectivity index (χ3n) is 2.23. The molecule has 1 aliphatic rings. The van der Waals surface area contributed by atoms with E-state index < -0.39 is 0 Å². The summed E-state index contributed by atoms with van der Waals surface area (Å²) in [6, 6.07) is 0.532. The molecular formula is C8H17N3O. The average Bonchev–Trinajstić information content (AvgIpc) is 2.85. The van der Waals surface area contributed by atoms with Gasteiger partial charge in [-0.2, -0.15) is 0 Å². The van der Waals surface area contributed by atoms with E-state index in [2.05, 4.69) is 5.32 Å². The molecule has 0 heterocycles. The second kappa shape index (κ2) is 3.76. The first-order chi connectivity index (χ1) is 5.65. The quantitative estimate of drug-likeness (QED) is 0.634. The lowest BCUT2D eigenvalue weighted by Gasteiger charge is -2.23. The minimum absolute atomic E-state index is 0.00421. The van der Waals surface area contributed by atoms with Gasteiger partial charge in [0.05, 0.1) is 0 Å². The van der Waals surface area contributed by atoms with Crippen molar-refractivity contribution in [2.45, 2.75) is 31.8 Å². The smallest absolute Gasteiger partial charge is 0.317 e. The standard InChI is InChI=1S/C8H17N3O/c1-6(5-9)11(2)8(12)10-7-3-4-7/h6-7H,3-5,9H2,1-2H3,(H,10,12). The lowest BCUT2D eigenvalue weighted by Crippen LogP contribution is -2.45. The number of carbonyl (C=O) groups is 1. The van der Waals surface area contributed by atoms with Gasteiger partial charge in [0, 0.05) is 25.7 Å². The van der Waals surface area contributed by atoms with E-state index >= 15 is 0 Å². The van der Waals surface area contributed by atoms with Crippen LogP contribution in [0.1, 0.15) is 19.8 Å². The van der Waals surface area contributed by atoms with Crippen molar-refractivity contribution in [3.63, 3.8) is 0 Å². The van der Waals surface area contributed by atoms with Gasteiger partial charge >= 0.3 is 6.03 Å². The van der Waals surface area contributed by atoms with E-state index in [4.69, 9.17) is 5.73 Å². The maximum absolute atomic E-state index is 11.4. The Morgan fingerprint density at radius 3 is 2.75 bits per heavy atom.